The van der Waals surface area contributed by atoms with Crippen LogP contribution in [0.5, 0.6) is 5.75 Å². The zero-order valence-electron chi connectivity index (χ0n) is 14.7. The van der Waals surface area contributed by atoms with Gasteiger partial charge in [0.2, 0.25) is 5.91 Å². The molecule has 1 saturated carbocycles. The van der Waals surface area contributed by atoms with E-state index < -0.39 is 10.0 Å². The standard InChI is InChI=1S/C18H19ClN2O4S2/c1-25-15-5-4-13(9-14(15)19)20-27(23,24)17-8-12-10-21(7-6-16(12)26-17)18(22)11-2-3-11/h4-5,8-9,11,20H,2-3,6-7,10H2,1H3. The van der Waals surface area contributed by atoms with Gasteiger partial charge in [-0.3, -0.25) is 9.52 Å². The van der Waals surface area contributed by atoms with Gasteiger partial charge in [0.1, 0.15) is 9.96 Å². The molecule has 6 nitrogen and oxygen atoms in total. The number of hydrogen-bond donors (Lipinski definition) is 1. The van der Waals surface area contributed by atoms with Crippen molar-refractivity contribution in [3.63, 3.8) is 0 Å². The highest BCUT2D eigenvalue weighted by molar-refractivity contribution is 7.94. The van der Waals surface area contributed by atoms with Gasteiger partial charge in [-0.05, 0) is 49.1 Å². The molecule has 0 unspecified atom stereocenters. The van der Waals surface area contributed by atoms with Gasteiger partial charge in [0.05, 0.1) is 17.8 Å². The maximum atomic E-state index is 12.8. The predicted octanol–water partition coefficient (Wildman–Crippen LogP) is 3.51. The number of hydrogen-bond acceptors (Lipinski definition) is 5. The Morgan fingerprint density at radius 2 is 2.11 bits per heavy atom. The van der Waals surface area contributed by atoms with Crippen LogP contribution in [0.2, 0.25) is 5.02 Å². The molecule has 0 bridgehead atoms. The lowest BCUT2D eigenvalue weighted by atomic mass is 10.1. The van der Waals surface area contributed by atoms with Gasteiger partial charge >= 0.3 is 0 Å². The van der Waals surface area contributed by atoms with Crippen LogP contribution in [0.3, 0.4) is 0 Å². The van der Waals surface area contributed by atoms with E-state index in [2.05, 4.69) is 4.72 Å². The number of ether oxygens (including phenoxy) is 1. The van der Waals surface area contributed by atoms with Crippen LogP contribution in [0, 0.1) is 5.92 Å². The maximum absolute atomic E-state index is 12.8. The number of fused-ring (bicyclic) bond motifs is 1. The average molecular weight is 427 g/mol. The Kier molecular flexibility index (Phi) is 4.82. The normalized spacial score (nSPS) is 16.7. The van der Waals surface area contributed by atoms with Crippen LogP contribution < -0.4 is 9.46 Å². The molecule has 1 aromatic heterocycles. The van der Waals surface area contributed by atoms with Crippen molar-refractivity contribution in [3.8, 4) is 5.75 Å². The van der Waals surface area contributed by atoms with Crippen molar-refractivity contribution in [2.24, 2.45) is 5.92 Å². The fraction of sp³-hybridized carbons (Fsp3) is 0.389. The predicted molar refractivity (Wildman–Crippen MR) is 105 cm³/mol. The van der Waals surface area contributed by atoms with E-state index in [1.165, 1.54) is 24.5 Å². The van der Waals surface area contributed by atoms with Crippen molar-refractivity contribution in [2.75, 3.05) is 18.4 Å². The Labute approximate surface area is 167 Å². The number of methoxy groups -OCH3 is 1. The molecule has 2 aromatic rings. The number of carbonyl (C=O) groups is 1. The number of halogens is 1. The number of carbonyl (C=O) groups excluding carboxylic acids is 1. The van der Waals surface area contributed by atoms with Crippen LogP contribution in [-0.4, -0.2) is 32.9 Å². The average Bonchev–Trinajstić information content (AvgIpc) is 3.38. The van der Waals surface area contributed by atoms with E-state index in [4.69, 9.17) is 16.3 Å². The van der Waals surface area contributed by atoms with Gasteiger partial charge in [-0.25, -0.2) is 8.42 Å². The molecule has 0 radical (unpaired) electrons. The zero-order chi connectivity index (χ0) is 19.2. The summed E-state index contributed by atoms with van der Waals surface area (Å²) in [6.07, 6.45) is 2.64. The fourth-order valence-electron chi connectivity index (χ4n) is 3.15. The number of amides is 1. The molecule has 0 spiro atoms. The van der Waals surface area contributed by atoms with E-state index in [1.54, 1.807) is 18.2 Å². The van der Waals surface area contributed by atoms with Crippen LogP contribution in [0.15, 0.2) is 28.5 Å². The fourth-order valence-corrected chi connectivity index (χ4v) is 6.00. The first-order valence-electron chi connectivity index (χ1n) is 8.64. The smallest absolute Gasteiger partial charge is 0.271 e. The topological polar surface area (TPSA) is 75.7 Å². The molecular formula is C18H19ClN2O4S2. The molecular weight excluding hydrogens is 408 g/mol. The van der Waals surface area contributed by atoms with Crippen molar-refractivity contribution >= 4 is 44.6 Å². The number of rotatable bonds is 5. The number of nitrogens with one attached hydrogen (secondary N) is 1. The van der Waals surface area contributed by atoms with Gasteiger partial charge in [-0.15, -0.1) is 11.3 Å². The lowest BCUT2D eigenvalue weighted by Crippen LogP contribution is -2.36. The molecule has 2 aliphatic rings. The summed E-state index contributed by atoms with van der Waals surface area (Å²) < 4.78 is 33.4. The molecule has 27 heavy (non-hydrogen) atoms. The molecule has 9 heteroatoms. The summed E-state index contributed by atoms with van der Waals surface area (Å²) in [4.78, 5) is 15.2. The first-order chi connectivity index (χ1) is 12.9. The lowest BCUT2D eigenvalue weighted by molar-refractivity contribution is -0.133. The SMILES string of the molecule is COc1ccc(NS(=O)(=O)c2cc3c(s2)CCN(C(=O)C2CC2)C3)cc1Cl. The third kappa shape index (κ3) is 3.79. The molecule has 1 aliphatic carbocycles. The summed E-state index contributed by atoms with van der Waals surface area (Å²) in [5, 5.41) is 0.331. The molecule has 1 N–H and O–H groups in total. The van der Waals surface area contributed by atoms with Crippen LogP contribution in [0.25, 0.3) is 0 Å². The van der Waals surface area contributed by atoms with Crippen LogP contribution in [0.4, 0.5) is 5.69 Å². The second-order valence-corrected chi connectivity index (χ2v) is 10.2. The first-order valence-corrected chi connectivity index (χ1v) is 11.3. The molecule has 1 fully saturated rings. The summed E-state index contributed by atoms with van der Waals surface area (Å²) >= 11 is 7.33. The Balaban J connectivity index is 1.53. The number of nitrogens with zero attached hydrogens (tertiary/aromatic N) is 1. The Hall–Kier alpha value is -1.77. The molecule has 1 aromatic carbocycles. The summed E-state index contributed by atoms with van der Waals surface area (Å²) in [6.45, 7) is 1.15. The minimum atomic E-state index is -3.72. The monoisotopic (exact) mass is 426 g/mol. The highest BCUT2D eigenvalue weighted by atomic mass is 35.5. The Morgan fingerprint density at radius 1 is 1.33 bits per heavy atom. The number of thiophene rings is 1. The largest absolute Gasteiger partial charge is 0.495 e. The number of benzene rings is 1. The van der Waals surface area contributed by atoms with E-state index in [1.807, 2.05) is 4.90 Å². The molecule has 4 rings (SSSR count). The van der Waals surface area contributed by atoms with E-state index in [-0.39, 0.29) is 16.0 Å². The highest BCUT2D eigenvalue weighted by Gasteiger charge is 2.35. The first kappa shape index (κ1) is 18.6. The van der Waals surface area contributed by atoms with Crippen molar-refractivity contribution < 1.29 is 17.9 Å². The summed E-state index contributed by atoms with van der Waals surface area (Å²) in [7, 11) is -2.22. The Bertz CT molecular complexity index is 999. The second kappa shape index (κ2) is 7.00. The van der Waals surface area contributed by atoms with Crippen LogP contribution >= 0.6 is 22.9 Å². The molecule has 1 amide bonds. The molecule has 0 atom stereocenters. The van der Waals surface area contributed by atoms with Gasteiger partial charge < -0.3 is 9.64 Å². The number of sulfonamides is 1. The Morgan fingerprint density at radius 3 is 2.78 bits per heavy atom. The summed E-state index contributed by atoms with van der Waals surface area (Å²) in [5.74, 6) is 0.851. The number of anilines is 1. The van der Waals surface area contributed by atoms with Crippen molar-refractivity contribution in [3.05, 3.63) is 39.7 Å². The minimum Gasteiger partial charge on any atom is -0.495 e. The minimum absolute atomic E-state index is 0.176. The molecule has 0 saturated heterocycles. The highest BCUT2D eigenvalue weighted by Crippen LogP contribution is 2.36. The van der Waals surface area contributed by atoms with Gasteiger partial charge in [0, 0.05) is 23.9 Å². The lowest BCUT2D eigenvalue weighted by Gasteiger charge is -2.26. The molecule has 2 heterocycles. The van der Waals surface area contributed by atoms with Gasteiger partial charge in [0.25, 0.3) is 10.0 Å². The van der Waals surface area contributed by atoms with Crippen molar-refractivity contribution in [1.82, 2.24) is 4.90 Å². The molecule has 144 valence electrons. The third-order valence-corrected chi connectivity index (χ3v) is 8.14. The van der Waals surface area contributed by atoms with E-state index in [9.17, 15) is 13.2 Å². The van der Waals surface area contributed by atoms with Crippen LogP contribution in [-0.2, 0) is 27.8 Å². The van der Waals surface area contributed by atoms with E-state index in [0.717, 1.165) is 23.3 Å². The van der Waals surface area contributed by atoms with Crippen molar-refractivity contribution in [2.45, 2.75) is 30.0 Å². The van der Waals surface area contributed by atoms with E-state index >= 15 is 0 Å². The quantitative estimate of drug-likeness (QED) is 0.793. The molecule has 1 aliphatic heterocycles. The van der Waals surface area contributed by atoms with Crippen LogP contribution in [0.1, 0.15) is 23.3 Å². The van der Waals surface area contributed by atoms with Gasteiger partial charge in [-0.2, -0.15) is 0 Å². The second-order valence-electron chi connectivity index (χ2n) is 6.75. The maximum Gasteiger partial charge on any atom is 0.271 e. The van der Waals surface area contributed by atoms with Gasteiger partial charge in [0.15, 0.2) is 0 Å². The zero-order valence-corrected chi connectivity index (χ0v) is 17.1. The third-order valence-electron chi connectivity index (χ3n) is 4.75. The van der Waals surface area contributed by atoms with Crippen molar-refractivity contribution in [1.29, 1.82) is 0 Å². The van der Waals surface area contributed by atoms with E-state index in [0.29, 0.717) is 36.0 Å². The summed E-state index contributed by atoms with van der Waals surface area (Å²) in [6, 6.07) is 6.41. The summed E-state index contributed by atoms with van der Waals surface area (Å²) in [5.41, 5.74) is 1.30. The van der Waals surface area contributed by atoms with Gasteiger partial charge in [-0.1, -0.05) is 11.6 Å².